The number of fused-ring (bicyclic) bond motifs is 1. The number of hydrogen-bond acceptors (Lipinski definition) is 7. The zero-order valence-corrected chi connectivity index (χ0v) is 7.15. The molecule has 0 bridgehead atoms. The van der Waals surface area contributed by atoms with Crippen molar-refractivity contribution >= 4 is 11.6 Å². The molecule has 0 atom stereocenters. The SMILES string of the molecule is O=C1N=Nc2cnc(-c3nnco3)nc21. The molecule has 0 saturated heterocycles. The van der Waals surface area contributed by atoms with Gasteiger partial charge in [-0.05, 0) is 0 Å². The lowest BCUT2D eigenvalue weighted by atomic mass is 10.3. The first-order valence-electron chi connectivity index (χ1n) is 3.94. The molecule has 3 heterocycles. The van der Waals surface area contributed by atoms with Crippen LogP contribution in [0, 0.1) is 0 Å². The highest BCUT2D eigenvalue weighted by molar-refractivity contribution is 5.99. The number of amides is 1. The highest BCUT2D eigenvalue weighted by Gasteiger charge is 2.21. The Kier molecular flexibility index (Phi) is 1.43. The third kappa shape index (κ3) is 1.11. The van der Waals surface area contributed by atoms with Crippen LogP contribution in [0.5, 0.6) is 0 Å². The average Bonchev–Trinajstić information content (AvgIpc) is 2.88. The maximum absolute atomic E-state index is 11.2. The van der Waals surface area contributed by atoms with Gasteiger partial charge in [-0.3, -0.25) is 4.79 Å². The highest BCUT2D eigenvalue weighted by Crippen LogP contribution is 2.25. The van der Waals surface area contributed by atoms with Crippen LogP contribution in [-0.4, -0.2) is 26.1 Å². The van der Waals surface area contributed by atoms with Gasteiger partial charge in [0, 0.05) is 0 Å². The fourth-order valence-electron chi connectivity index (χ4n) is 1.13. The summed E-state index contributed by atoms with van der Waals surface area (Å²) in [6.07, 6.45) is 2.54. The molecular weight excluding hydrogens is 200 g/mol. The molecule has 0 radical (unpaired) electrons. The monoisotopic (exact) mass is 202 g/mol. The van der Waals surface area contributed by atoms with E-state index in [9.17, 15) is 4.79 Å². The lowest BCUT2D eigenvalue weighted by Crippen LogP contribution is -1.98. The van der Waals surface area contributed by atoms with Crippen LogP contribution in [0.4, 0.5) is 5.69 Å². The molecule has 15 heavy (non-hydrogen) atoms. The lowest BCUT2D eigenvalue weighted by Gasteiger charge is -1.94. The Morgan fingerprint density at radius 3 is 3.00 bits per heavy atom. The second kappa shape index (κ2) is 2.74. The van der Waals surface area contributed by atoms with E-state index in [1.165, 1.54) is 6.20 Å². The van der Waals surface area contributed by atoms with Gasteiger partial charge in [-0.25, -0.2) is 9.97 Å². The molecule has 0 spiro atoms. The summed E-state index contributed by atoms with van der Waals surface area (Å²) in [5.74, 6) is -0.155. The van der Waals surface area contributed by atoms with E-state index in [4.69, 9.17) is 4.42 Å². The molecule has 8 nitrogen and oxygen atoms in total. The van der Waals surface area contributed by atoms with Gasteiger partial charge in [0.15, 0.2) is 5.69 Å². The Hall–Kier alpha value is -2.51. The number of nitrogens with zero attached hydrogens (tertiary/aromatic N) is 6. The number of aromatic nitrogens is 4. The summed E-state index contributed by atoms with van der Waals surface area (Å²) in [5, 5.41) is 14.0. The van der Waals surface area contributed by atoms with Crippen LogP contribution in [0.3, 0.4) is 0 Å². The van der Waals surface area contributed by atoms with E-state index in [0.29, 0.717) is 5.69 Å². The maximum Gasteiger partial charge on any atom is 0.316 e. The molecule has 0 aliphatic carbocycles. The number of carbonyl (C=O) groups is 1. The molecular formula is C7H2N6O2. The van der Waals surface area contributed by atoms with E-state index in [1.54, 1.807) is 0 Å². The second-order valence-electron chi connectivity index (χ2n) is 2.68. The van der Waals surface area contributed by atoms with Crippen molar-refractivity contribution in [2.45, 2.75) is 0 Å². The van der Waals surface area contributed by atoms with Gasteiger partial charge in [0.25, 0.3) is 5.89 Å². The van der Waals surface area contributed by atoms with Crippen LogP contribution < -0.4 is 0 Å². The minimum Gasteiger partial charge on any atom is -0.421 e. The molecule has 0 unspecified atom stereocenters. The maximum atomic E-state index is 11.2. The lowest BCUT2D eigenvalue weighted by molar-refractivity contribution is 0.0998. The summed E-state index contributed by atoms with van der Waals surface area (Å²) in [5.41, 5.74) is 0.501. The first kappa shape index (κ1) is 7.85. The van der Waals surface area contributed by atoms with Crippen LogP contribution >= 0.6 is 0 Å². The van der Waals surface area contributed by atoms with Gasteiger partial charge in [0.05, 0.1) is 6.20 Å². The smallest absolute Gasteiger partial charge is 0.316 e. The van der Waals surface area contributed by atoms with E-state index in [-0.39, 0.29) is 17.4 Å². The normalized spacial score (nSPS) is 13.2. The van der Waals surface area contributed by atoms with E-state index in [2.05, 4.69) is 30.4 Å². The Bertz CT molecular complexity index is 561. The molecule has 0 aromatic carbocycles. The Morgan fingerprint density at radius 2 is 2.20 bits per heavy atom. The molecule has 1 amide bonds. The van der Waals surface area contributed by atoms with Crippen LogP contribution in [0.2, 0.25) is 0 Å². The van der Waals surface area contributed by atoms with Crippen LogP contribution in [0.15, 0.2) is 27.2 Å². The van der Waals surface area contributed by atoms with Crippen molar-refractivity contribution in [3.05, 3.63) is 18.3 Å². The van der Waals surface area contributed by atoms with Crippen molar-refractivity contribution in [3.8, 4) is 11.7 Å². The van der Waals surface area contributed by atoms with Gasteiger partial charge < -0.3 is 4.42 Å². The van der Waals surface area contributed by atoms with Crippen molar-refractivity contribution in [1.82, 2.24) is 20.2 Å². The van der Waals surface area contributed by atoms with E-state index >= 15 is 0 Å². The number of hydrogen-bond donors (Lipinski definition) is 0. The van der Waals surface area contributed by atoms with Gasteiger partial charge in [-0.15, -0.1) is 20.4 Å². The summed E-state index contributed by atoms with van der Waals surface area (Å²) < 4.78 is 4.89. The highest BCUT2D eigenvalue weighted by atomic mass is 16.4. The number of rotatable bonds is 1. The summed E-state index contributed by atoms with van der Waals surface area (Å²) in [6, 6.07) is 0. The third-order valence-electron chi connectivity index (χ3n) is 1.77. The minimum absolute atomic E-state index is 0.150. The van der Waals surface area contributed by atoms with E-state index < -0.39 is 5.91 Å². The molecule has 2 aromatic rings. The zero-order chi connectivity index (χ0) is 10.3. The zero-order valence-electron chi connectivity index (χ0n) is 7.15. The Morgan fingerprint density at radius 1 is 1.27 bits per heavy atom. The first-order chi connectivity index (χ1) is 7.34. The largest absolute Gasteiger partial charge is 0.421 e. The molecule has 72 valence electrons. The standard InChI is InChI=1S/C7H2N6O2/c14-6-4-3(11-12-6)1-8-5(10-4)7-13-9-2-15-7/h1-2H. The van der Waals surface area contributed by atoms with Crippen LogP contribution in [0.25, 0.3) is 11.7 Å². The molecule has 2 aromatic heterocycles. The molecule has 1 aliphatic heterocycles. The molecule has 3 rings (SSSR count). The molecule has 8 heteroatoms. The first-order valence-corrected chi connectivity index (χ1v) is 3.94. The van der Waals surface area contributed by atoms with Gasteiger partial charge in [0.2, 0.25) is 12.2 Å². The van der Waals surface area contributed by atoms with Gasteiger partial charge in [0.1, 0.15) is 5.69 Å². The van der Waals surface area contributed by atoms with Crippen molar-refractivity contribution in [3.63, 3.8) is 0 Å². The topological polar surface area (TPSA) is 106 Å². The second-order valence-corrected chi connectivity index (χ2v) is 2.68. The summed E-state index contributed by atoms with van der Waals surface area (Å²) in [7, 11) is 0. The van der Waals surface area contributed by atoms with Crippen molar-refractivity contribution < 1.29 is 9.21 Å². The summed E-state index contributed by atoms with van der Waals surface area (Å²) >= 11 is 0. The van der Waals surface area contributed by atoms with Crippen molar-refractivity contribution in [2.75, 3.05) is 0 Å². The van der Waals surface area contributed by atoms with E-state index in [0.717, 1.165) is 6.39 Å². The van der Waals surface area contributed by atoms with Crippen LogP contribution in [0.1, 0.15) is 10.5 Å². The molecule has 1 aliphatic rings. The van der Waals surface area contributed by atoms with E-state index in [1.807, 2.05) is 0 Å². The third-order valence-corrected chi connectivity index (χ3v) is 1.77. The van der Waals surface area contributed by atoms with Crippen molar-refractivity contribution in [2.24, 2.45) is 10.2 Å². The van der Waals surface area contributed by atoms with Gasteiger partial charge >= 0.3 is 5.91 Å². The summed E-state index contributed by atoms with van der Waals surface area (Å²) in [6.45, 7) is 0. The fourth-order valence-corrected chi connectivity index (χ4v) is 1.13. The predicted molar refractivity (Wildman–Crippen MR) is 44.2 cm³/mol. The quantitative estimate of drug-likeness (QED) is 0.675. The van der Waals surface area contributed by atoms with Crippen LogP contribution in [-0.2, 0) is 0 Å². The Labute approximate surface area is 82.1 Å². The average molecular weight is 202 g/mol. The number of carbonyl (C=O) groups excluding carboxylic acids is 1. The summed E-state index contributed by atoms with van der Waals surface area (Å²) in [4.78, 5) is 19.0. The van der Waals surface area contributed by atoms with Gasteiger partial charge in [-0.2, -0.15) is 0 Å². The molecule has 0 fully saturated rings. The van der Waals surface area contributed by atoms with Gasteiger partial charge in [-0.1, -0.05) is 0 Å². The predicted octanol–water partition coefficient (Wildman–Crippen LogP) is 0.764. The fraction of sp³-hybridized carbons (Fsp3) is 0. The molecule has 0 saturated carbocycles. The molecule has 0 N–H and O–H groups in total. The van der Waals surface area contributed by atoms with Crippen molar-refractivity contribution in [1.29, 1.82) is 0 Å². The Balaban J connectivity index is 2.15. The minimum atomic E-state index is -0.492. The number of azo groups is 1.